The number of hydrogen-bond acceptors (Lipinski definition) is 4. The summed E-state index contributed by atoms with van der Waals surface area (Å²) in [6.45, 7) is 6.69. The van der Waals surface area contributed by atoms with Crippen molar-refractivity contribution in [2.24, 2.45) is 11.8 Å². The Morgan fingerprint density at radius 3 is 2.82 bits per heavy atom. The summed E-state index contributed by atoms with van der Waals surface area (Å²) in [7, 11) is 0. The van der Waals surface area contributed by atoms with E-state index in [2.05, 4.69) is 15.5 Å². The SMILES string of the molecule is C1CC2(CCN1)CN(C1NCC3CC31)CCO2. The lowest BCUT2D eigenvalue weighted by Gasteiger charge is -2.47. The maximum atomic E-state index is 6.14. The highest BCUT2D eigenvalue weighted by atomic mass is 16.5. The van der Waals surface area contributed by atoms with Crippen LogP contribution in [0.15, 0.2) is 0 Å². The number of ether oxygens (including phenoxy) is 1. The molecule has 0 bridgehead atoms. The van der Waals surface area contributed by atoms with Crippen LogP contribution in [0.3, 0.4) is 0 Å². The van der Waals surface area contributed by atoms with E-state index >= 15 is 0 Å². The molecule has 17 heavy (non-hydrogen) atoms. The van der Waals surface area contributed by atoms with Crippen molar-refractivity contribution in [1.29, 1.82) is 0 Å². The van der Waals surface area contributed by atoms with Crippen molar-refractivity contribution < 1.29 is 4.74 Å². The summed E-state index contributed by atoms with van der Waals surface area (Å²) in [4.78, 5) is 2.67. The van der Waals surface area contributed by atoms with Crippen molar-refractivity contribution in [1.82, 2.24) is 15.5 Å². The maximum absolute atomic E-state index is 6.14. The van der Waals surface area contributed by atoms with Gasteiger partial charge in [0.2, 0.25) is 0 Å². The molecule has 3 aliphatic heterocycles. The third kappa shape index (κ3) is 1.82. The molecule has 1 aliphatic carbocycles. The number of morpholine rings is 1. The highest BCUT2D eigenvalue weighted by Crippen LogP contribution is 2.46. The molecule has 0 aromatic heterocycles. The lowest BCUT2D eigenvalue weighted by molar-refractivity contribution is -0.135. The summed E-state index contributed by atoms with van der Waals surface area (Å²) in [6, 6.07) is 0. The fourth-order valence-electron chi connectivity index (χ4n) is 4.01. The van der Waals surface area contributed by atoms with Crippen molar-refractivity contribution in [2.45, 2.75) is 31.0 Å². The predicted molar refractivity (Wildman–Crippen MR) is 65.7 cm³/mol. The predicted octanol–water partition coefficient (Wildman–Crippen LogP) is 0.00620. The van der Waals surface area contributed by atoms with Crippen molar-refractivity contribution in [3.05, 3.63) is 0 Å². The normalized spacial score (nSPS) is 44.8. The van der Waals surface area contributed by atoms with Gasteiger partial charge in [0.15, 0.2) is 0 Å². The van der Waals surface area contributed by atoms with Crippen LogP contribution < -0.4 is 10.6 Å². The Balaban J connectivity index is 1.46. The largest absolute Gasteiger partial charge is 0.372 e. The minimum absolute atomic E-state index is 0.165. The van der Waals surface area contributed by atoms with E-state index in [1.807, 2.05) is 0 Å². The number of nitrogens with one attached hydrogen (secondary N) is 2. The van der Waals surface area contributed by atoms with E-state index < -0.39 is 0 Å². The first-order chi connectivity index (χ1) is 8.36. The van der Waals surface area contributed by atoms with Crippen LogP contribution in [0.2, 0.25) is 0 Å². The molecule has 0 radical (unpaired) electrons. The minimum Gasteiger partial charge on any atom is -0.372 e. The van der Waals surface area contributed by atoms with Gasteiger partial charge in [-0.1, -0.05) is 0 Å². The lowest BCUT2D eigenvalue weighted by atomic mass is 9.90. The summed E-state index contributed by atoms with van der Waals surface area (Å²) >= 11 is 0. The van der Waals surface area contributed by atoms with Gasteiger partial charge in [-0.05, 0) is 50.7 Å². The van der Waals surface area contributed by atoms with Crippen molar-refractivity contribution >= 4 is 0 Å². The average molecular weight is 237 g/mol. The molecule has 3 saturated heterocycles. The van der Waals surface area contributed by atoms with Gasteiger partial charge in [-0.3, -0.25) is 4.90 Å². The van der Waals surface area contributed by atoms with Gasteiger partial charge in [0.05, 0.1) is 18.4 Å². The van der Waals surface area contributed by atoms with Crippen LogP contribution in [0.4, 0.5) is 0 Å². The van der Waals surface area contributed by atoms with E-state index in [0.717, 1.165) is 44.6 Å². The van der Waals surface area contributed by atoms with Crippen molar-refractivity contribution in [3.63, 3.8) is 0 Å². The van der Waals surface area contributed by atoms with Gasteiger partial charge < -0.3 is 15.4 Å². The molecule has 4 rings (SSSR count). The zero-order valence-corrected chi connectivity index (χ0v) is 10.5. The standard InChI is InChI=1S/C13H23N3O/c1-3-14-4-2-13(1)9-16(5-6-17-13)12-11-7-10(11)8-15-12/h10-12,14-15H,1-9H2. The molecule has 96 valence electrons. The van der Waals surface area contributed by atoms with Crippen LogP contribution in [-0.2, 0) is 4.74 Å². The fraction of sp³-hybridized carbons (Fsp3) is 1.00. The van der Waals surface area contributed by atoms with E-state index in [1.54, 1.807) is 0 Å². The van der Waals surface area contributed by atoms with Gasteiger partial charge >= 0.3 is 0 Å². The van der Waals surface area contributed by atoms with E-state index in [1.165, 1.54) is 25.8 Å². The molecule has 0 aromatic rings. The van der Waals surface area contributed by atoms with E-state index in [-0.39, 0.29) is 5.60 Å². The van der Waals surface area contributed by atoms with E-state index in [4.69, 9.17) is 4.74 Å². The molecular weight excluding hydrogens is 214 g/mol. The molecule has 4 fully saturated rings. The second-order valence-corrected chi connectivity index (χ2v) is 6.26. The summed E-state index contributed by atoms with van der Waals surface area (Å²) in [5.74, 6) is 1.94. The van der Waals surface area contributed by atoms with Crippen LogP contribution in [0.1, 0.15) is 19.3 Å². The third-order valence-corrected chi connectivity index (χ3v) is 5.16. The molecule has 3 atom stereocenters. The molecular formula is C13H23N3O. The summed E-state index contributed by atoms with van der Waals surface area (Å²) in [5, 5.41) is 7.15. The van der Waals surface area contributed by atoms with Gasteiger partial charge in [-0.2, -0.15) is 0 Å². The Labute approximate surface area is 103 Å². The Hall–Kier alpha value is -0.160. The fourth-order valence-corrected chi connectivity index (χ4v) is 4.01. The van der Waals surface area contributed by atoms with Gasteiger partial charge in [-0.15, -0.1) is 0 Å². The Kier molecular flexibility index (Phi) is 2.47. The van der Waals surface area contributed by atoms with Gasteiger partial charge in [0.25, 0.3) is 0 Å². The second kappa shape index (κ2) is 3.92. The maximum Gasteiger partial charge on any atom is 0.0834 e. The highest BCUT2D eigenvalue weighted by Gasteiger charge is 2.52. The number of hydrogen-bond donors (Lipinski definition) is 2. The molecule has 1 saturated carbocycles. The van der Waals surface area contributed by atoms with Gasteiger partial charge in [0, 0.05) is 13.1 Å². The Morgan fingerprint density at radius 2 is 2.12 bits per heavy atom. The quantitative estimate of drug-likeness (QED) is 0.673. The smallest absolute Gasteiger partial charge is 0.0834 e. The number of nitrogens with zero attached hydrogens (tertiary/aromatic N) is 1. The first-order valence-corrected chi connectivity index (χ1v) is 7.18. The van der Waals surface area contributed by atoms with Crippen LogP contribution in [0.5, 0.6) is 0 Å². The molecule has 2 N–H and O–H groups in total. The zero-order valence-electron chi connectivity index (χ0n) is 10.5. The number of rotatable bonds is 1. The molecule has 4 nitrogen and oxygen atoms in total. The van der Waals surface area contributed by atoms with Crippen LogP contribution in [0.25, 0.3) is 0 Å². The number of fused-ring (bicyclic) bond motifs is 1. The summed E-state index contributed by atoms with van der Waals surface area (Å²) in [6.07, 6.45) is 4.49. The number of piperidine rings is 2. The van der Waals surface area contributed by atoms with Crippen LogP contribution >= 0.6 is 0 Å². The Morgan fingerprint density at radius 1 is 1.24 bits per heavy atom. The Bertz CT molecular complexity index is 298. The molecule has 0 aromatic carbocycles. The minimum atomic E-state index is 0.165. The molecule has 1 spiro atoms. The summed E-state index contributed by atoms with van der Waals surface area (Å²) in [5.41, 5.74) is 0.165. The van der Waals surface area contributed by atoms with Gasteiger partial charge in [0.1, 0.15) is 0 Å². The molecule has 4 aliphatic rings. The topological polar surface area (TPSA) is 36.5 Å². The second-order valence-electron chi connectivity index (χ2n) is 6.26. The first kappa shape index (κ1) is 10.7. The summed E-state index contributed by atoms with van der Waals surface area (Å²) < 4.78 is 6.14. The first-order valence-electron chi connectivity index (χ1n) is 7.18. The van der Waals surface area contributed by atoms with Crippen molar-refractivity contribution in [3.8, 4) is 0 Å². The zero-order chi connectivity index (χ0) is 11.3. The average Bonchev–Trinajstić information content (AvgIpc) is 3.01. The highest BCUT2D eigenvalue weighted by molar-refractivity contribution is 5.04. The van der Waals surface area contributed by atoms with Gasteiger partial charge in [-0.25, -0.2) is 0 Å². The molecule has 3 unspecified atom stereocenters. The van der Waals surface area contributed by atoms with Crippen LogP contribution in [0, 0.1) is 11.8 Å². The monoisotopic (exact) mass is 237 g/mol. The van der Waals surface area contributed by atoms with E-state index in [0.29, 0.717) is 6.17 Å². The van der Waals surface area contributed by atoms with Crippen LogP contribution in [-0.4, -0.2) is 56.0 Å². The molecule has 4 heteroatoms. The third-order valence-electron chi connectivity index (χ3n) is 5.16. The van der Waals surface area contributed by atoms with Crippen molar-refractivity contribution in [2.75, 3.05) is 39.3 Å². The lowest BCUT2D eigenvalue weighted by Crippen LogP contribution is -2.60. The van der Waals surface area contributed by atoms with E-state index in [9.17, 15) is 0 Å². The molecule has 3 heterocycles. The molecule has 0 amide bonds.